The summed E-state index contributed by atoms with van der Waals surface area (Å²) in [6, 6.07) is 3.39. The molecule has 0 atom stereocenters. The topological polar surface area (TPSA) is 63.7 Å². The summed E-state index contributed by atoms with van der Waals surface area (Å²) in [6.07, 6.45) is -3.86. The molecule has 0 bridgehead atoms. The minimum absolute atomic E-state index is 0.128. The first-order valence-corrected chi connectivity index (χ1v) is 8.35. The largest absolute Gasteiger partial charge is 0.469 e. The third kappa shape index (κ3) is 3.84. The molecule has 9 heteroatoms. The van der Waals surface area contributed by atoms with Gasteiger partial charge in [-0.1, -0.05) is 0 Å². The van der Waals surface area contributed by atoms with Gasteiger partial charge in [-0.15, -0.1) is 0 Å². The van der Waals surface area contributed by atoms with Gasteiger partial charge in [0.25, 0.3) is 0 Å². The standard InChI is InChI=1S/C14H16F3NO4S/c1-22-13(19)10-6-8-18(9-7-10)23(20,21)12-4-2-11(3-5-12)14(15,16)17/h2-5,10H,6-9H2,1H3. The van der Waals surface area contributed by atoms with Crippen molar-refractivity contribution in [2.45, 2.75) is 23.9 Å². The lowest BCUT2D eigenvalue weighted by Gasteiger charge is -2.29. The number of nitrogens with zero attached hydrogens (tertiary/aromatic N) is 1. The van der Waals surface area contributed by atoms with Crippen LogP contribution in [0.25, 0.3) is 0 Å². The van der Waals surface area contributed by atoms with Gasteiger partial charge in [0.2, 0.25) is 10.0 Å². The van der Waals surface area contributed by atoms with Crippen molar-refractivity contribution < 1.29 is 31.1 Å². The molecular formula is C14H16F3NO4S. The number of halogens is 3. The van der Waals surface area contributed by atoms with Gasteiger partial charge >= 0.3 is 12.1 Å². The molecule has 1 aliphatic rings. The summed E-state index contributed by atoms with van der Waals surface area (Å²) in [7, 11) is -2.59. The fourth-order valence-corrected chi connectivity index (χ4v) is 3.93. The molecule has 1 aliphatic heterocycles. The number of esters is 1. The van der Waals surface area contributed by atoms with Crippen molar-refractivity contribution in [3.63, 3.8) is 0 Å². The highest BCUT2D eigenvalue weighted by Gasteiger charge is 2.34. The zero-order chi connectivity index (χ0) is 17.3. The van der Waals surface area contributed by atoms with Crippen molar-refractivity contribution in [2.75, 3.05) is 20.2 Å². The van der Waals surface area contributed by atoms with Crippen LogP contribution in [0.2, 0.25) is 0 Å². The zero-order valence-electron chi connectivity index (χ0n) is 12.3. The van der Waals surface area contributed by atoms with Crippen LogP contribution in [0.15, 0.2) is 29.2 Å². The Morgan fingerprint density at radius 1 is 1.17 bits per heavy atom. The van der Waals surface area contributed by atoms with E-state index in [2.05, 4.69) is 4.74 Å². The number of carbonyl (C=O) groups excluding carboxylic acids is 1. The number of methoxy groups -OCH3 is 1. The third-order valence-corrected chi connectivity index (χ3v) is 5.72. The van der Waals surface area contributed by atoms with E-state index < -0.39 is 21.8 Å². The number of carbonyl (C=O) groups is 1. The van der Waals surface area contributed by atoms with E-state index in [4.69, 9.17) is 0 Å². The number of piperidine rings is 1. The van der Waals surface area contributed by atoms with Crippen LogP contribution in [-0.2, 0) is 25.7 Å². The van der Waals surface area contributed by atoms with Gasteiger partial charge in [0.05, 0.1) is 23.5 Å². The second-order valence-electron chi connectivity index (χ2n) is 5.22. The summed E-state index contributed by atoms with van der Waals surface area (Å²) >= 11 is 0. The van der Waals surface area contributed by atoms with E-state index in [-0.39, 0.29) is 29.9 Å². The molecule has 0 radical (unpaired) electrons. The zero-order valence-corrected chi connectivity index (χ0v) is 13.2. The molecule has 128 valence electrons. The molecule has 0 aliphatic carbocycles. The third-order valence-electron chi connectivity index (χ3n) is 3.81. The molecular weight excluding hydrogens is 335 g/mol. The van der Waals surface area contributed by atoms with Crippen molar-refractivity contribution in [1.29, 1.82) is 0 Å². The minimum atomic E-state index is -4.51. The monoisotopic (exact) mass is 351 g/mol. The van der Waals surface area contributed by atoms with Gasteiger partial charge in [-0.25, -0.2) is 8.42 Å². The highest BCUT2D eigenvalue weighted by Crippen LogP contribution is 2.31. The molecule has 0 N–H and O–H groups in total. The fraction of sp³-hybridized carbons (Fsp3) is 0.500. The highest BCUT2D eigenvalue weighted by molar-refractivity contribution is 7.89. The molecule has 1 aromatic rings. The molecule has 1 saturated heterocycles. The number of hydrogen-bond acceptors (Lipinski definition) is 4. The maximum Gasteiger partial charge on any atom is 0.416 e. The van der Waals surface area contributed by atoms with Gasteiger partial charge in [0.15, 0.2) is 0 Å². The Bertz CT molecular complexity index is 662. The molecule has 0 aromatic heterocycles. The van der Waals surface area contributed by atoms with E-state index in [1.807, 2.05) is 0 Å². The van der Waals surface area contributed by atoms with Crippen LogP contribution >= 0.6 is 0 Å². The Hall–Kier alpha value is -1.61. The average Bonchev–Trinajstić information content (AvgIpc) is 2.53. The number of benzene rings is 1. The lowest BCUT2D eigenvalue weighted by atomic mass is 9.99. The predicted octanol–water partition coefficient (Wildman–Crippen LogP) is 2.28. The first kappa shape index (κ1) is 17.7. The fourth-order valence-electron chi connectivity index (χ4n) is 2.46. The number of alkyl halides is 3. The SMILES string of the molecule is COC(=O)C1CCN(S(=O)(=O)c2ccc(C(F)(F)F)cc2)CC1. The molecule has 5 nitrogen and oxygen atoms in total. The first-order chi connectivity index (χ1) is 10.7. The first-order valence-electron chi connectivity index (χ1n) is 6.91. The second-order valence-corrected chi connectivity index (χ2v) is 7.16. The molecule has 1 heterocycles. The lowest BCUT2D eigenvalue weighted by Crippen LogP contribution is -2.40. The van der Waals surface area contributed by atoms with Crippen molar-refractivity contribution in [3.05, 3.63) is 29.8 Å². The van der Waals surface area contributed by atoms with Crippen molar-refractivity contribution in [1.82, 2.24) is 4.31 Å². The van der Waals surface area contributed by atoms with E-state index in [0.717, 1.165) is 24.3 Å². The molecule has 0 unspecified atom stereocenters. The van der Waals surface area contributed by atoms with Gasteiger partial charge in [-0.05, 0) is 37.1 Å². The maximum absolute atomic E-state index is 12.5. The van der Waals surface area contributed by atoms with Crippen LogP contribution in [0, 0.1) is 5.92 Å². The number of hydrogen-bond donors (Lipinski definition) is 0. The van der Waals surface area contributed by atoms with Crippen LogP contribution in [0.1, 0.15) is 18.4 Å². The molecule has 0 spiro atoms. The minimum Gasteiger partial charge on any atom is -0.469 e. The van der Waals surface area contributed by atoms with Gasteiger partial charge in [-0.3, -0.25) is 4.79 Å². The number of ether oxygens (including phenoxy) is 1. The van der Waals surface area contributed by atoms with Gasteiger partial charge in [0, 0.05) is 13.1 Å². The molecule has 1 fully saturated rings. The summed E-state index contributed by atoms with van der Waals surface area (Å²) in [5.74, 6) is -0.726. The smallest absolute Gasteiger partial charge is 0.416 e. The molecule has 23 heavy (non-hydrogen) atoms. The van der Waals surface area contributed by atoms with Gasteiger partial charge < -0.3 is 4.74 Å². The van der Waals surface area contributed by atoms with Gasteiger partial charge in [0.1, 0.15) is 0 Å². The summed E-state index contributed by atoms with van der Waals surface area (Å²) < 4.78 is 68.2. The van der Waals surface area contributed by atoms with E-state index in [1.165, 1.54) is 11.4 Å². The Morgan fingerprint density at radius 3 is 2.13 bits per heavy atom. The van der Waals surface area contributed by atoms with Crippen LogP contribution in [0.4, 0.5) is 13.2 Å². The van der Waals surface area contributed by atoms with E-state index in [0.29, 0.717) is 12.8 Å². The maximum atomic E-state index is 12.5. The Balaban J connectivity index is 2.12. The summed E-state index contributed by atoms with van der Waals surface area (Å²) in [5, 5.41) is 0. The average molecular weight is 351 g/mol. The Labute approximate surface area is 132 Å². The number of sulfonamides is 1. The van der Waals surface area contributed by atoms with Crippen molar-refractivity contribution in [2.24, 2.45) is 5.92 Å². The molecule has 1 aromatic carbocycles. The van der Waals surface area contributed by atoms with Crippen molar-refractivity contribution in [3.8, 4) is 0 Å². The summed E-state index contributed by atoms with van der Waals surface area (Å²) in [6.45, 7) is 0.256. The van der Waals surface area contributed by atoms with Crippen molar-refractivity contribution >= 4 is 16.0 Å². The van der Waals surface area contributed by atoms with Crippen LogP contribution < -0.4 is 0 Å². The van der Waals surface area contributed by atoms with Gasteiger partial charge in [-0.2, -0.15) is 17.5 Å². The molecule has 0 saturated carbocycles. The summed E-state index contributed by atoms with van der Waals surface area (Å²) in [4.78, 5) is 11.2. The second kappa shape index (κ2) is 6.48. The normalized spacial score (nSPS) is 17.9. The van der Waals surface area contributed by atoms with E-state index in [1.54, 1.807) is 0 Å². The number of rotatable bonds is 3. The van der Waals surface area contributed by atoms with E-state index in [9.17, 15) is 26.4 Å². The van der Waals surface area contributed by atoms with Crippen LogP contribution in [0.5, 0.6) is 0 Å². The van der Waals surface area contributed by atoms with Crippen LogP contribution in [-0.4, -0.2) is 38.9 Å². The Kier molecular flexibility index (Phi) is 5.00. The molecule has 0 amide bonds. The lowest BCUT2D eigenvalue weighted by molar-refractivity contribution is -0.146. The highest BCUT2D eigenvalue weighted by atomic mass is 32.2. The van der Waals surface area contributed by atoms with Crippen LogP contribution in [0.3, 0.4) is 0 Å². The quantitative estimate of drug-likeness (QED) is 0.784. The predicted molar refractivity (Wildman–Crippen MR) is 74.9 cm³/mol. The Morgan fingerprint density at radius 2 is 1.70 bits per heavy atom. The summed E-state index contributed by atoms with van der Waals surface area (Å²) in [5.41, 5.74) is -0.902. The van der Waals surface area contributed by atoms with E-state index >= 15 is 0 Å². The molecule has 2 rings (SSSR count).